The summed E-state index contributed by atoms with van der Waals surface area (Å²) < 4.78 is 1.93. The van der Waals surface area contributed by atoms with Crippen molar-refractivity contribution in [2.75, 3.05) is 26.2 Å². The van der Waals surface area contributed by atoms with E-state index < -0.39 is 0 Å². The highest BCUT2D eigenvalue weighted by Crippen LogP contribution is 2.23. The van der Waals surface area contributed by atoms with Gasteiger partial charge < -0.3 is 0 Å². The van der Waals surface area contributed by atoms with Crippen molar-refractivity contribution in [3.8, 4) is 11.3 Å². The Morgan fingerprint density at radius 2 is 1.67 bits per heavy atom. The van der Waals surface area contributed by atoms with Crippen LogP contribution in [0.4, 0.5) is 0 Å². The Labute approximate surface area is 161 Å². The van der Waals surface area contributed by atoms with Gasteiger partial charge in [-0.1, -0.05) is 36.4 Å². The van der Waals surface area contributed by atoms with E-state index >= 15 is 0 Å². The van der Waals surface area contributed by atoms with Gasteiger partial charge in [0.25, 0.3) is 0 Å². The molecule has 0 aliphatic carbocycles. The Morgan fingerprint density at radius 1 is 0.889 bits per heavy atom. The molecule has 0 saturated carbocycles. The number of nitrogens with zero attached hydrogens (tertiary/aromatic N) is 5. The predicted molar refractivity (Wildman–Crippen MR) is 108 cm³/mol. The van der Waals surface area contributed by atoms with Crippen LogP contribution in [0.1, 0.15) is 17.5 Å². The number of aromatic nitrogens is 3. The van der Waals surface area contributed by atoms with Crippen molar-refractivity contribution >= 4 is 0 Å². The minimum atomic E-state index is 0.957. The van der Waals surface area contributed by atoms with Crippen LogP contribution in [0.3, 0.4) is 0 Å². The summed E-state index contributed by atoms with van der Waals surface area (Å²) in [5, 5.41) is 4.71. The highest BCUT2D eigenvalue weighted by Gasteiger charge is 2.18. The molecule has 1 aliphatic rings. The molecule has 1 fully saturated rings. The molecular weight excluding hydrogens is 334 g/mol. The number of pyridine rings is 1. The van der Waals surface area contributed by atoms with Gasteiger partial charge >= 0.3 is 0 Å². The Morgan fingerprint density at radius 3 is 2.41 bits per heavy atom. The predicted octanol–water partition coefficient (Wildman–Crippen LogP) is 3.19. The molecule has 140 valence electrons. The van der Waals surface area contributed by atoms with Crippen LogP contribution in [0.2, 0.25) is 0 Å². The van der Waals surface area contributed by atoms with Gasteiger partial charge in [0.1, 0.15) is 0 Å². The van der Waals surface area contributed by atoms with Crippen LogP contribution in [-0.2, 0) is 20.1 Å². The van der Waals surface area contributed by atoms with Gasteiger partial charge in [0.15, 0.2) is 0 Å². The lowest BCUT2D eigenvalue weighted by Crippen LogP contribution is -2.30. The first-order valence-corrected chi connectivity index (χ1v) is 9.69. The van der Waals surface area contributed by atoms with Gasteiger partial charge in [-0.25, -0.2) is 0 Å². The lowest BCUT2D eigenvalue weighted by atomic mass is 10.1. The molecule has 5 heteroatoms. The molecule has 5 nitrogen and oxygen atoms in total. The molecule has 0 radical (unpaired) electrons. The SMILES string of the molecule is Cn1cc(CN2CCCN(Cc3cccnc3)CC2)c(-c2ccccc2)n1. The zero-order chi connectivity index (χ0) is 18.5. The lowest BCUT2D eigenvalue weighted by molar-refractivity contribution is 0.247. The van der Waals surface area contributed by atoms with Crippen molar-refractivity contribution in [1.29, 1.82) is 0 Å². The Bertz CT molecular complexity index is 844. The summed E-state index contributed by atoms with van der Waals surface area (Å²) in [7, 11) is 2.01. The van der Waals surface area contributed by atoms with Gasteiger partial charge in [-0.05, 0) is 31.1 Å². The van der Waals surface area contributed by atoms with Gasteiger partial charge in [-0.2, -0.15) is 5.10 Å². The quantitative estimate of drug-likeness (QED) is 0.699. The third-order valence-electron chi connectivity index (χ3n) is 5.16. The van der Waals surface area contributed by atoms with Gasteiger partial charge in [-0.3, -0.25) is 19.5 Å². The van der Waals surface area contributed by atoms with E-state index in [2.05, 4.69) is 57.4 Å². The van der Waals surface area contributed by atoms with E-state index in [1.165, 1.54) is 23.1 Å². The van der Waals surface area contributed by atoms with Crippen LogP contribution in [-0.4, -0.2) is 50.7 Å². The Kier molecular flexibility index (Phi) is 5.61. The molecule has 0 bridgehead atoms. The van der Waals surface area contributed by atoms with Crippen LogP contribution < -0.4 is 0 Å². The number of benzene rings is 1. The summed E-state index contributed by atoms with van der Waals surface area (Å²) >= 11 is 0. The molecule has 0 unspecified atom stereocenters. The molecule has 0 spiro atoms. The van der Waals surface area contributed by atoms with E-state index in [9.17, 15) is 0 Å². The topological polar surface area (TPSA) is 37.2 Å². The van der Waals surface area contributed by atoms with E-state index in [1.807, 2.05) is 30.2 Å². The summed E-state index contributed by atoms with van der Waals surface area (Å²) in [6.07, 6.45) is 7.18. The maximum Gasteiger partial charge on any atom is 0.0968 e. The molecule has 1 saturated heterocycles. The lowest BCUT2D eigenvalue weighted by Gasteiger charge is -2.21. The monoisotopic (exact) mass is 361 g/mol. The van der Waals surface area contributed by atoms with E-state index in [1.54, 1.807) is 0 Å². The normalized spacial score (nSPS) is 16.3. The third kappa shape index (κ3) is 4.62. The molecule has 2 aromatic heterocycles. The largest absolute Gasteiger partial charge is 0.298 e. The van der Waals surface area contributed by atoms with Gasteiger partial charge in [0.05, 0.1) is 5.69 Å². The first kappa shape index (κ1) is 17.9. The Balaban J connectivity index is 1.41. The smallest absolute Gasteiger partial charge is 0.0968 e. The fourth-order valence-corrected chi connectivity index (χ4v) is 3.82. The van der Waals surface area contributed by atoms with Crippen molar-refractivity contribution in [2.45, 2.75) is 19.5 Å². The number of hydrogen-bond donors (Lipinski definition) is 0. The molecule has 1 aromatic carbocycles. The fourth-order valence-electron chi connectivity index (χ4n) is 3.82. The molecule has 0 amide bonds. The van der Waals surface area contributed by atoms with E-state index in [0.717, 1.165) is 45.0 Å². The maximum absolute atomic E-state index is 4.71. The maximum atomic E-state index is 4.71. The van der Waals surface area contributed by atoms with Crippen LogP contribution in [0.15, 0.2) is 61.1 Å². The highest BCUT2D eigenvalue weighted by atomic mass is 15.3. The van der Waals surface area contributed by atoms with Crippen LogP contribution in [0.5, 0.6) is 0 Å². The van der Waals surface area contributed by atoms with E-state index in [4.69, 9.17) is 5.10 Å². The second-order valence-electron chi connectivity index (χ2n) is 7.31. The standard InChI is InChI=1S/C22H27N5/c1-25-17-21(22(24-25)20-8-3-2-4-9-20)18-27-12-6-11-26(13-14-27)16-19-7-5-10-23-15-19/h2-5,7-10,15,17H,6,11-14,16,18H2,1H3. The zero-order valence-corrected chi connectivity index (χ0v) is 16.0. The molecular formula is C22H27N5. The summed E-state index contributed by atoms with van der Waals surface area (Å²) in [5.41, 5.74) is 4.91. The minimum Gasteiger partial charge on any atom is -0.298 e. The van der Waals surface area contributed by atoms with E-state index in [0.29, 0.717) is 0 Å². The summed E-state index contributed by atoms with van der Waals surface area (Å²) in [5.74, 6) is 0. The van der Waals surface area contributed by atoms with Crippen LogP contribution in [0.25, 0.3) is 11.3 Å². The minimum absolute atomic E-state index is 0.957. The molecule has 3 aromatic rings. The first-order chi connectivity index (χ1) is 13.3. The van der Waals surface area contributed by atoms with Gasteiger partial charge in [-0.15, -0.1) is 0 Å². The average Bonchev–Trinajstić information content (AvgIpc) is 2.92. The number of rotatable bonds is 5. The first-order valence-electron chi connectivity index (χ1n) is 9.69. The van der Waals surface area contributed by atoms with Crippen molar-refractivity contribution in [3.05, 3.63) is 72.2 Å². The molecule has 0 atom stereocenters. The second-order valence-corrected chi connectivity index (χ2v) is 7.31. The zero-order valence-electron chi connectivity index (χ0n) is 16.0. The molecule has 27 heavy (non-hydrogen) atoms. The van der Waals surface area contributed by atoms with Gasteiger partial charge in [0, 0.05) is 62.9 Å². The molecule has 4 rings (SSSR count). The summed E-state index contributed by atoms with van der Waals surface area (Å²) in [6.45, 7) is 6.40. The van der Waals surface area contributed by atoms with E-state index in [-0.39, 0.29) is 0 Å². The van der Waals surface area contributed by atoms with Crippen LogP contribution >= 0.6 is 0 Å². The Hall–Kier alpha value is -2.50. The van der Waals surface area contributed by atoms with Crippen molar-refractivity contribution in [3.63, 3.8) is 0 Å². The molecule has 1 aliphatic heterocycles. The van der Waals surface area contributed by atoms with Crippen LogP contribution in [0, 0.1) is 0 Å². The fraction of sp³-hybridized carbons (Fsp3) is 0.364. The number of aryl methyl sites for hydroxylation is 1. The summed E-state index contributed by atoms with van der Waals surface area (Å²) in [4.78, 5) is 9.34. The van der Waals surface area contributed by atoms with Gasteiger partial charge in [0.2, 0.25) is 0 Å². The average molecular weight is 361 g/mol. The molecule has 0 N–H and O–H groups in total. The third-order valence-corrected chi connectivity index (χ3v) is 5.16. The van der Waals surface area contributed by atoms with Crippen molar-refractivity contribution < 1.29 is 0 Å². The molecule has 3 heterocycles. The number of hydrogen-bond acceptors (Lipinski definition) is 4. The second kappa shape index (κ2) is 8.46. The highest BCUT2D eigenvalue weighted by molar-refractivity contribution is 5.62. The van der Waals surface area contributed by atoms with Crippen molar-refractivity contribution in [1.82, 2.24) is 24.6 Å². The van der Waals surface area contributed by atoms with Crippen molar-refractivity contribution in [2.24, 2.45) is 7.05 Å². The summed E-state index contributed by atoms with van der Waals surface area (Å²) in [6, 6.07) is 14.7.